The van der Waals surface area contributed by atoms with Gasteiger partial charge in [-0.25, -0.2) is 0 Å². The molecule has 0 bridgehead atoms. The van der Waals surface area contributed by atoms with E-state index in [2.05, 4.69) is 20.4 Å². The van der Waals surface area contributed by atoms with E-state index in [9.17, 15) is 4.79 Å². The van der Waals surface area contributed by atoms with E-state index in [0.29, 0.717) is 23.0 Å². The van der Waals surface area contributed by atoms with Crippen LogP contribution in [0.1, 0.15) is 59.9 Å². The number of nitrogens with zero attached hydrogens (tertiary/aromatic N) is 3. The van der Waals surface area contributed by atoms with E-state index in [-0.39, 0.29) is 5.91 Å². The third-order valence-corrected chi connectivity index (χ3v) is 5.42. The molecule has 0 atom stereocenters. The Morgan fingerprint density at radius 2 is 1.75 bits per heavy atom. The number of aryl methyl sites for hydroxylation is 2. The van der Waals surface area contributed by atoms with Crippen LogP contribution >= 0.6 is 0 Å². The first-order valence-electron chi connectivity index (χ1n) is 9.74. The molecule has 0 spiro atoms. The molecule has 28 heavy (non-hydrogen) atoms. The fourth-order valence-corrected chi connectivity index (χ4v) is 3.91. The van der Waals surface area contributed by atoms with Gasteiger partial charge in [0.2, 0.25) is 5.89 Å². The molecule has 1 aromatic carbocycles. The highest BCUT2D eigenvalue weighted by Crippen LogP contribution is 2.36. The maximum atomic E-state index is 13.1. The van der Waals surface area contributed by atoms with E-state index >= 15 is 0 Å². The van der Waals surface area contributed by atoms with E-state index in [0.717, 1.165) is 43.4 Å². The van der Waals surface area contributed by atoms with Gasteiger partial charge in [-0.05, 0) is 31.9 Å². The van der Waals surface area contributed by atoms with Crippen molar-refractivity contribution < 1.29 is 9.32 Å². The van der Waals surface area contributed by atoms with E-state index in [1.54, 1.807) is 6.92 Å². The van der Waals surface area contributed by atoms with Crippen molar-refractivity contribution in [3.05, 3.63) is 65.4 Å². The van der Waals surface area contributed by atoms with Gasteiger partial charge in [-0.15, -0.1) is 0 Å². The van der Waals surface area contributed by atoms with Crippen LogP contribution in [-0.4, -0.2) is 21.0 Å². The highest BCUT2D eigenvalue weighted by molar-refractivity contribution is 5.96. The SMILES string of the molecule is Cc1nc(C2(NC(=O)c3ccc(-c4ccccc4)nc3C)CCCCC2)no1. The second-order valence-electron chi connectivity index (χ2n) is 7.43. The van der Waals surface area contributed by atoms with Crippen LogP contribution in [0.3, 0.4) is 0 Å². The molecule has 1 fully saturated rings. The number of carbonyl (C=O) groups excluding carboxylic acids is 1. The summed E-state index contributed by atoms with van der Waals surface area (Å²) >= 11 is 0. The molecule has 1 aliphatic carbocycles. The Balaban J connectivity index is 1.61. The number of benzene rings is 1. The van der Waals surface area contributed by atoms with Crippen molar-refractivity contribution in [1.82, 2.24) is 20.4 Å². The summed E-state index contributed by atoms with van der Waals surface area (Å²) in [5.74, 6) is 0.942. The molecule has 0 unspecified atom stereocenters. The van der Waals surface area contributed by atoms with E-state index in [4.69, 9.17) is 4.52 Å². The summed E-state index contributed by atoms with van der Waals surface area (Å²) in [6, 6.07) is 13.7. The lowest BCUT2D eigenvalue weighted by Gasteiger charge is -2.35. The Hall–Kier alpha value is -3.02. The Kier molecular flexibility index (Phi) is 4.94. The summed E-state index contributed by atoms with van der Waals surface area (Å²) in [6.07, 6.45) is 4.83. The molecule has 6 nitrogen and oxygen atoms in total. The highest BCUT2D eigenvalue weighted by Gasteiger charge is 2.40. The average molecular weight is 376 g/mol. The Labute approximate surface area is 164 Å². The van der Waals surface area contributed by atoms with Crippen molar-refractivity contribution in [3.63, 3.8) is 0 Å². The fourth-order valence-electron chi connectivity index (χ4n) is 3.91. The van der Waals surface area contributed by atoms with Crippen molar-refractivity contribution in [1.29, 1.82) is 0 Å². The van der Waals surface area contributed by atoms with Crippen molar-refractivity contribution >= 4 is 5.91 Å². The number of pyridine rings is 1. The molecule has 1 saturated carbocycles. The summed E-state index contributed by atoms with van der Waals surface area (Å²) in [5, 5.41) is 7.33. The van der Waals surface area contributed by atoms with Crippen LogP contribution in [0, 0.1) is 13.8 Å². The van der Waals surface area contributed by atoms with Crippen LogP contribution in [0.4, 0.5) is 0 Å². The quantitative estimate of drug-likeness (QED) is 0.733. The lowest BCUT2D eigenvalue weighted by Crippen LogP contribution is -2.48. The molecule has 0 radical (unpaired) electrons. The maximum absolute atomic E-state index is 13.1. The number of hydrogen-bond acceptors (Lipinski definition) is 5. The largest absolute Gasteiger partial charge is 0.340 e. The molecule has 1 amide bonds. The van der Waals surface area contributed by atoms with Crippen molar-refractivity contribution in [2.24, 2.45) is 0 Å². The van der Waals surface area contributed by atoms with Crippen LogP contribution in [-0.2, 0) is 5.54 Å². The van der Waals surface area contributed by atoms with Crippen molar-refractivity contribution in [3.8, 4) is 11.3 Å². The molecule has 3 aromatic rings. The minimum atomic E-state index is -0.572. The minimum Gasteiger partial charge on any atom is -0.340 e. The van der Waals surface area contributed by atoms with Gasteiger partial charge >= 0.3 is 0 Å². The number of carbonyl (C=O) groups is 1. The zero-order valence-electron chi connectivity index (χ0n) is 16.2. The predicted molar refractivity (Wildman–Crippen MR) is 106 cm³/mol. The molecule has 0 aliphatic heterocycles. The molecule has 6 heteroatoms. The monoisotopic (exact) mass is 376 g/mol. The van der Waals surface area contributed by atoms with E-state index in [1.807, 2.05) is 49.4 Å². The van der Waals surface area contributed by atoms with Gasteiger partial charge in [0, 0.05) is 12.5 Å². The summed E-state index contributed by atoms with van der Waals surface area (Å²) in [6.45, 7) is 3.64. The van der Waals surface area contributed by atoms with Gasteiger partial charge in [-0.1, -0.05) is 54.8 Å². The van der Waals surface area contributed by atoms with E-state index < -0.39 is 5.54 Å². The minimum absolute atomic E-state index is 0.144. The zero-order valence-corrected chi connectivity index (χ0v) is 16.2. The summed E-state index contributed by atoms with van der Waals surface area (Å²) in [5.41, 5.74) is 2.59. The number of hydrogen-bond donors (Lipinski definition) is 1. The smallest absolute Gasteiger partial charge is 0.253 e. The second kappa shape index (κ2) is 7.54. The summed E-state index contributed by atoms with van der Waals surface area (Å²) in [4.78, 5) is 22.2. The molecule has 2 aromatic heterocycles. The average Bonchev–Trinajstić information content (AvgIpc) is 3.16. The highest BCUT2D eigenvalue weighted by atomic mass is 16.5. The zero-order chi connectivity index (χ0) is 19.6. The lowest BCUT2D eigenvalue weighted by atomic mass is 9.80. The van der Waals surface area contributed by atoms with Gasteiger partial charge in [-0.3, -0.25) is 9.78 Å². The van der Waals surface area contributed by atoms with Gasteiger partial charge in [0.15, 0.2) is 5.82 Å². The fraction of sp³-hybridized carbons (Fsp3) is 0.364. The topological polar surface area (TPSA) is 80.9 Å². The normalized spacial score (nSPS) is 15.9. The van der Waals surface area contributed by atoms with Crippen LogP contribution in [0.2, 0.25) is 0 Å². The molecular weight excluding hydrogens is 352 g/mol. The molecule has 144 valence electrons. The lowest BCUT2D eigenvalue weighted by molar-refractivity contribution is 0.0854. The Morgan fingerprint density at radius 3 is 2.39 bits per heavy atom. The Bertz CT molecular complexity index is 975. The van der Waals surface area contributed by atoms with Crippen molar-refractivity contribution in [2.75, 3.05) is 0 Å². The Morgan fingerprint density at radius 1 is 1.00 bits per heavy atom. The first kappa shape index (κ1) is 18.3. The second-order valence-corrected chi connectivity index (χ2v) is 7.43. The molecule has 2 heterocycles. The molecule has 1 N–H and O–H groups in total. The third kappa shape index (κ3) is 3.54. The number of nitrogens with one attached hydrogen (secondary N) is 1. The summed E-state index contributed by atoms with van der Waals surface area (Å²) in [7, 11) is 0. The van der Waals surface area contributed by atoms with Gasteiger partial charge < -0.3 is 9.84 Å². The standard InChI is InChI=1S/C22H24N4O2/c1-15-18(11-12-19(23-15)17-9-5-3-6-10-17)20(27)25-22(13-7-4-8-14-22)21-24-16(2)28-26-21/h3,5-6,9-12H,4,7-8,13-14H2,1-2H3,(H,25,27). The van der Waals surface area contributed by atoms with E-state index in [1.165, 1.54) is 0 Å². The van der Waals surface area contributed by atoms with Crippen molar-refractivity contribution in [2.45, 2.75) is 51.5 Å². The van der Waals surface area contributed by atoms with Crippen LogP contribution in [0.5, 0.6) is 0 Å². The number of amides is 1. The van der Waals surface area contributed by atoms with Crippen LogP contribution in [0.15, 0.2) is 47.0 Å². The van der Waals surface area contributed by atoms with Gasteiger partial charge in [-0.2, -0.15) is 4.98 Å². The molecule has 0 saturated heterocycles. The first-order valence-corrected chi connectivity index (χ1v) is 9.74. The van der Waals surface area contributed by atoms with Crippen LogP contribution in [0.25, 0.3) is 11.3 Å². The van der Waals surface area contributed by atoms with Gasteiger partial charge in [0.05, 0.1) is 17.0 Å². The third-order valence-electron chi connectivity index (χ3n) is 5.42. The molecule has 4 rings (SSSR count). The van der Waals surface area contributed by atoms with Gasteiger partial charge in [0.1, 0.15) is 5.54 Å². The maximum Gasteiger partial charge on any atom is 0.253 e. The summed E-state index contributed by atoms with van der Waals surface area (Å²) < 4.78 is 5.19. The molecular formula is C22H24N4O2. The first-order chi connectivity index (χ1) is 13.6. The van der Waals surface area contributed by atoms with Crippen LogP contribution < -0.4 is 5.32 Å². The predicted octanol–water partition coefficient (Wildman–Crippen LogP) is 4.34. The molecule has 1 aliphatic rings. The van der Waals surface area contributed by atoms with Gasteiger partial charge in [0.25, 0.3) is 5.91 Å². The number of aromatic nitrogens is 3. The number of rotatable bonds is 4.